The molecule has 0 amide bonds. The van der Waals surface area contributed by atoms with Crippen molar-refractivity contribution in [3.63, 3.8) is 0 Å². The van der Waals surface area contributed by atoms with Crippen LogP contribution in [0.5, 0.6) is 0 Å². The highest BCUT2D eigenvalue weighted by Gasteiger charge is 2.05. The van der Waals surface area contributed by atoms with E-state index in [-0.39, 0.29) is 0 Å². The fourth-order valence-electron chi connectivity index (χ4n) is 1.96. The van der Waals surface area contributed by atoms with Gasteiger partial charge in [0, 0.05) is 0 Å². The van der Waals surface area contributed by atoms with Gasteiger partial charge in [0.05, 0.1) is 0 Å². The SMILES string of the molecule is C=C1CCC/C(C)=C\C=C(\C(C)C)CC1. The zero-order chi connectivity index (χ0) is 11.3. The molecule has 0 aromatic rings. The topological polar surface area (TPSA) is 0 Å². The number of allylic oxidation sites excluding steroid dienone is 5. The third-order valence-corrected chi connectivity index (χ3v) is 3.19. The molecule has 0 unspecified atom stereocenters. The normalized spacial score (nSPS) is 26.8. The van der Waals surface area contributed by atoms with Gasteiger partial charge in [-0.15, -0.1) is 0 Å². The lowest BCUT2D eigenvalue weighted by molar-refractivity contribution is 0.686. The number of rotatable bonds is 1. The third-order valence-electron chi connectivity index (χ3n) is 3.19. The Balaban J connectivity index is 2.78. The summed E-state index contributed by atoms with van der Waals surface area (Å²) in [5, 5.41) is 0. The minimum absolute atomic E-state index is 0.668. The van der Waals surface area contributed by atoms with Gasteiger partial charge in [0.2, 0.25) is 0 Å². The molecule has 0 nitrogen and oxygen atoms in total. The summed E-state index contributed by atoms with van der Waals surface area (Å²) in [7, 11) is 0. The summed E-state index contributed by atoms with van der Waals surface area (Å²) in [5.74, 6) is 0.668. The Morgan fingerprint density at radius 2 is 1.80 bits per heavy atom. The van der Waals surface area contributed by atoms with Crippen LogP contribution in [0.1, 0.15) is 52.9 Å². The molecule has 0 fully saturated rings. The van der Waals surface area contributed by atoms with E-state index in [2.05, 4.69) is 39.5 Å². The van der Waals surface area contributed by atoms with Crippen LogP contribution < -0.4 is 0 Å². The Morgan fingerprint density at radius 1 is 1.07 bits per heavy atom. The van der Waals surface area contributed by atoms with Crippen molar-refractivity contribution in [1.82, 2.24) is 0 Å². The molecule has 1 rings (SSSR count). The zero-order valence-electron chi connectivity index (χ0n) is 10.5. The van der Waals surface area contributed by atoms with Crippen LogP contribution in [0.25, 0.3) is 0 Å². The number of hydrogen-bond donors (Lipinski definition) is 0. The molecule has 0 aromatic carbocycles. The lowest BCUT2D eigenvalue weighted by Gasteiger charge is -2.14. The van der Waals surface area contributed by atoms with Gasteiger partial charge in [-0.05, 0) is 44.9 Å². The Morgan fingerprint density at radius 3 is 2.47 bits per heavy atom. The van der Waals surface area contributed by atoms with Crippen molar-refractivity contribution in [2.24, 2.45) is 5.92 Å². The summed E-state index contributed by atoms with van der Waals surface area (Å²) < 4.78 is 0. The molecule has 0 atom stereocenters. The van der Waals surface area contributed by atoms with E-state index in [0.717, 1.165) is 0 Å². The smallest absolute Gasteiger partial charge is 0.0257 e. The van der Waals surface area contributed by atoms with E-state index in [4.69, 9.17) is 0 Å². The molecule has 0 N–H and O–H groups in total. The molecule has 0 heterocycles. The van der Waals surface area contributed by atoms with Crippen LogP contribution >= 0.6 is 0 Å². The first-order chi connectivity index (χ1) is 7.09. The van der Waals surface area contributed by atoms with Crippen molar-refractivity contribution in [2.75, 3.05) is 0 Å². The van der Waals surface area contributed by atoms with Crippen molar-refractivity contribution in [3.05, 3.63) is 35.5 Å². The van der Waals surface area contributed by atoms with Crippen LogP contribution in [-0.4, -0.2) is 0 Å². The Hall–Kier alpha value is -0.780. The van der Waals surface area contributed by atoms with Crippen molar-refractivity contribution in [2.45, 2.75) is 52.9 Å². The standard InChI is InChI=1S/C15H24/c1-12(2)15-10-8-13(3)6-5-7-14(4)9-11-15/h9,11-12H,3,5-8,10H2,1-2,4H3/b14-9-,15-11+. The summed E-state index contributed by atoms with van der Waals surface area (Å²) in [6.45, 7) is 11.0. The predicted octanol–water partition coefficient (Wildman–Crippen LogP) is 5.04. The quantitative estimate of drug-likeness (QED) is 0.525. The molecule has 1 aliphatic carbocycles. The molecule has 0 radical (unpaired) electrons. The molecular formula is C15H24. The third kappa shape index (κ3) is 4.51. The van der Waals surface area contributed by atoms with Gasteiger partial charge >= 0.3 is 0 Å². The van der Waals surface area contributed by atoms with E-state index in [0.29, 0.717) is 5.92 Å². The van der Waals surface area contributed by atoms with Gasteiger partial charge in [0.25, 0.3) is 0 Å². The highest BCUT2D eigenvalue weighted by molar-refractivity contribution is 5.20. The summed E-state index contributed by atoms with van der Waals surface area (Å²) in [6, 6.07) is 0. The second-order valence-corrected chi connectivity index (χ2v) is 5.01. The lowest BCUT2D eigenvalue weighted by atomic mass is 9.92. The molecule has 0 aromatic heterocycles. The van der Waals surface area contributed by atoms with Crippen LogP contribution in [0.15, 0.2) is 35.5 Å². The molecule has 1 aliphatic rings. The maximum absolute atomic E-state index is 4.16. The minimum atomic E-state index is 0.668. The van der Waals surface area contributed by atoms with Gasteiger partial charge in [-0.1, -0.05) is 49.3 Å². The maximum Gasteiger partial charge on any atom is -0.0257 e. The molecule has 0 spiro atoms. The fraction of sp³-hybridized carbons (Fsp3) is 0.600. The van der Waals surface area contributed by atoms with Gasteiger partial charge < -0.3 is 0 Å². The summed E-state index contributed by atoms with van der Waals surface area (Å²) in [5.41, 5.74) is 4.50. The van der Waals surface area contributed by atoms with E-state index in [1.807, 2.05) is 0 Å². The van der Waals surface area contributed by atoms with Crippen LogP contribution in [0.3, 0.4) is 0 Å². The van der Waals surface area contributed by atoms with Crippen molar-refractivity contribution in [3.8, 4) is 0 Å². The molecule has 0 heteroatoms. The van der Waals surface area contributed by atoms with Crippen LogP contribution in [0, 0.1) is 5.92 Å². The monoisotopic (exact) mass is 204 g/mol. The Kier molecular flexibility index (Phi) is 4.87. The minimum Gasteiger partial charge on any atom is -0.0999 e. The van der Waals surface area contributed by atoms with E-state index in [1.54, 1.807) is 5.57 Å². The highest BCUT2D eigenvalue weighted by atomic mass is 14.1. The van der Waals surface area contributed by atoms with Crippen molar-refractivity contribution in [1.29, 1.82) is 0 Å². The van der Waals surface area contributed by atoms with Gasteiger partial charge in [0.15, 0.2) is 0 Å². The molecule has 84 valence electrons. The first kappa shape index (κ1) is 12.3. The molecule has 0 saturated heterocycles. The average molecular weight is 204 g/mol. The average Bonchev–Trinajstić information content (AvgIpc) is 2.16. The Labute approximate surface area is 94.8 Å². The van der Waals surface area contributed by atoms with Gasteiger partial charge in [-0.2, -0.15) is 0 Å². The highest BCUT2D eigenvalue weighted by Crippen LogP contribution is 2.23. The van der Waals surface area contributed by atoms with Crippen LogP contribution in [0.4, 0.5) is 0 Å². The fourth-order valence-corrected chi connectivity index (χ4v) is 1.96. The zero-order valence-corrected chi connectivity index (χ0v) is 10.5. The van der Waals surface area contributed by atoms with Gasteiger partial charge in [-0.25, -0.2) is 0 Å². The second kappa shape index (κ2) is 5.95. The molecule has 0 bridgehead atoms. The van der Waals surface area contributed by atoms with Crippen LogP contribution in [-0.2, 0) is 0 Å². The second-order valence-electron chi connectivity index (χ2n) is 5.01. The van der Waals surface area contributed by atoms with E-state index < -0.39 is 0 Å². The largest absolute Gasteiger partial charge is 0.0999 e. The first-order valence-electron chi connectivity index (χ1n) is 6.12. The van der Waals surface area contributed by atoms with E-state index in [1.165, 1.54) is 43.3 Å². The summed E-state index contributed by atoms with van der Waals surface area (Å²) in [4.78, 5) is 0. The maximum atomic E-state index is 4.16. The molecule has 0 saturated carbocycles. The van der Waals surface area contributed by atoms with E-state index >= 15 is 0 Å². The molecule has 0 aliphatic heterocycles. The number of hydrogen-bond acceptors (Lipinski definition) is 0. The predicted molar refractivity (Wildman–Crippen MR) is 68.9 cm³/mol. The summed E-state index contributed by atoms with van der Waals surface area (Å²) >= 11 is 0. The van der Waals surface area contributed by atoms with E-state index in [9.17, 15) is 0 Å². The molecule has 15 heavy (non-hydrogen) atoms. The van der Waals surface area contributed by atoms with Crippen molar-refractivity contribution >= 4 is 0 Å². The van der Waals surface area contributed by atoms with Gasteiger partial charge in [0.1, 0.15) is 0 Å². The Bertz CT molecular complexity index is 276. The first-order valence-corrected chi connectivity index (χ1v) is 6.12. The molecular weight excluding hydrogens is 180 g/mol. The lowest BCUT2D eigenvalue weighted by Crippen LogP contribution is -1.97. The van der Waals surface area contributed by atoms with Crippen molar-refractivity contribution < 1.29 is 0 Å². The van der Waals surface area contributed by atoms with Gasteiger partial charge in [-0.3, -0.25) is 0 Å². The van der Waals surface area contributed by atoms with Crippen LogP contribution in [0.2, 0.25) is 0 Å². The summed E-state index contributed by atoms with van der Waals surface area (Å²) in [6.07, 6.45) is 10.7.